The first-order chi connectivity index (χ1) is 19.4. The number of sulfonamides is 1. The molecule has 41 heavy (non-hydrogen) atoms. The summed E-state index contributed by atoms with van der Waals surface area (Å²) in [5.41, 5.74) is 1.61. The van der Waals surface area contributed by atoms with Crippen LogP contribution in [0, 0.1) is 12.7 Å². The Morgan fingerprint density at radius 3 is 2.07 bits per heavy atom. The van der Waals surface area contributed by atoms with Crippen molar-refractivity contribution >= 4 is 27.5 Å². The summed E-state index contributed by atoms with van der Waals surface area (Å²) < 4.78 is 53.2. The number of benzene rings is 3. The van der Waals surface area contributed by atoms with Crippen LogP contribution in [0.15, 0.2) is 71.6 Å². The third-order valence-corrected chi connectivity index (χ3v) is 8.20. The molecular weight excluding hydrogens is 549 g/mol. The maximum atomic E-state index is 14.0. The molecule has 3 aromatic carbocycles. The second-order valence-electron chi connectivity index (χ2n) is 9.85. The molecule has 11 heteroatoms. The van der Waals surface area contributed by atoms with E-state index in [0.29, 0.717) is 11.3 Å². The van der Waals surface area contributed by atoms with Crippen LogP contribution >= 0.6 is 0 Å². The van der Waals surface area contributed by atoms with Gasteiger partial charge in [0.2, 0.25) is 11.8 Å². The van der Waals surface area contributed by atoms with E-state index in [2.05, 4.69) is 5.32 Å². The van der Waals surface area contributed by atoms with E-state index in [1.165, 1.54) is 67.7 Å². The number of hydrogen-bond acceptors (Lipinski definition) is 6. The lowest BCUT2D eigenvalue weighted by Crippen LogP contribution is -2.52. The molecule has 3 rings (SSSR count). The molecule has 3 aromatic rings. The second kappa shape index (κ2) is 13.5. The Hall–Kier alpha value is -4.12. The maximum Gasteiger partial charge on any atom is 0.264 e. The van der Waals surface area contributed by atoms with Gasteiger partial charge < -0.3 is 19.7 Å². The van der Waals surface area contributed by atoms with Crippen molar-refractivity contribution in [3.63, 3.8) is 0 Å². The number of nitrogens with zero attached hydrogens (tertiary/aromatic N) is 2. The van der Waals surface area contributed by atoms with Gasteiger partial charge in [-0.15, -0.1) is 0 Å². The van der Waals surface area contributed by atoms with Gasteiger partial charge in [-0.3, -0.25) is 13.9 Å². The molecule has 0 bridgehead atoms. The zero-order valence-corrected chi connectivity index (χ0v) is 24.9. The summed E-state index contributed by atoms with van der Waals surface area (Å²) in [6, 6.07) is 15.2. The first-order valence-corrected chi connectivity index (χ1v) is 14.5. The van der Waals surface area contributed by atoms with Crippen LogP contribution in [-0.4, -0.2) is 58.0 Å². The fraction of sp³-hybridized carbons (Fsp3) is 0.333. The third kappa shape index (κ3) is 7.75. The monoisotopic (exact) mass is 585 g/mol. The molecule has 0 radical (unpaired) electrons. The molecule has 0 unspecified atom stereocenters. The van der Waals surface area contributed by atoms with E-state index < -0.39 is 40.2 Å². The minimum atomic E-state index is -4.25. The van der Waals surface area contributed by atoms with Crippen molar-refractivity contribution in [2.24, 2.45) is 0 Å². The van der Waals surface area contributed by atoms with E-state index in [4.69, 9.17) is 9.47 Å². The number of carbonyl (C=O) groups is 2. The van der Waals surface area contributed by atoms with Crippen molar-refractivity contribution in [1.29, 1.82) is 0 Å². The van der Waals surface area contributed by atoms with E-state index in [9.17, 15) is 22.4 Å². The molecule has 0 saturated heterocycles. The molecule has 2 amide bonds. The number of anilines is 1. The van der Waals surface area contributed by atoms with Crippen LogP contribution in [0.1, 0.15) is 31.9 Å². The zero-order valence-electron chi connectivity index (χ0n) is 24.0. The molecule has 0 aromatic heterocycles. The number of ether oxygens (including phenoxy) is 2. The lowest BCUT2D eigenvalue weighted by molar-refractivity contribution is -0.139. The lowest BCUT2D eigenvalue weighted by atomic mass is 10.1. The van der Waals surface area contributed by atoms with E-state index in [0.717, 1.165) is 9.87 Å². The van der Waals surface area contributed by atoms with Gasteiger partial charge in [0.1, 0.15) is 18.4 Å². The van der Waals surface area contributed by atoms with Crippen LogP contribution in [0.5, 0.6) is 11.5 Å². The van der Waals surface area contributed by atoms with Crippen molar-refractivity contribution in [3.05, 3.63) is 83.7 Å². The molecule has 0 fully saturated rings. The highest BCUT2D eigenvalue weighted by Crippen LogP contribution is 2.34. The predicted octanol–water partition coefficient (Wildman–Crippen LogP) is 4.29. The fourth-order valence-corrected chi connectivity index (χ4v) is 5.53. The van der Waals surface area contributed by atoms with Crippen LogP contribution in [0.25, 0.3) is 0 Å². The summed E-state index contributed by atoms with van der Waals surface area (Å²) in [4.78, 5) is 28.2. The largest absolute Gasteiger partial charge is 0.493 e. The Balaban J connectivity index is 2.08. The van der Waals surface area contributed by atoms with E-state index in [-0.39, 0.29) is 28.9 Å². The average molecular weight is 586 g/mol. The van der Waals surface area contributed by atoms with Crippen LogP contribution < -0.4 is 19.1 Å². The van der Waals surface area contributed by atoms with Gasteiger partial charge in [0.15, 0.2) is 11.5 Å². The van der Waals surface area contributed by atoms with Crippen LogP contribution in [0.2, 0.25) is 0 Å². The van der Waals surface area contributed by atoms with Gasteiger partial charge in [0.25, 0.3) is 10.0 Å². The van der Waals surface area contributed by atoms with E-state index in [1.807, 2.05) is 6.92 Å². The molecular formula is C30H36FN3O6S. The molecule has 0 aliphatic rings. The second-order valence-corrected chi connectivity index (χ2v) is 11.7. The summed E-state index contributed by atoms with van der Waals surface area (Å²) in [6.45, 7) is 6.33. The zero-order chi connectivity index (χ0) is 30.3. The van der Waals surface area contributed by atoms with Crippen molar-refractivity contribution in [2.75, 3.05) is 25.1 Å². The standard InChI is InChI=1S/C30H36FN3O6S/c1-20(2)32-30(36)22(4)33(18-23-9-11-24(31)12-10-23)29(35)19-34(25-13-16-27(39-5)28(17-25)40-6)41(37,38)26-14-7-21(3)8-15-26/h7-17,20,22H,18-19H2,1-6H3,(H,32,36)/t22-/m1/s1. The lowest BCUT2D eigenvalue weighted by Gasteiger charge is -2.32. The molecule has 0 spiro atoms. The Morgan fingerprint density at radius 1 is 0.902 bits per heavy atom. The Bertz CT molecular complexity index is 1460. The van der Waals surface area contributed by atoms with E-state index in [1.54, 1.807) is 39.0 Å². The first kappa shape index (κ1) is 31.4. The Morgan fingerprint density at radius 2 is 1.51 bits per heavy atom. The minimum absolute atomic E-state index is 0.0126. The minimum Gasteiger partial charge on any atom is -0.493 e. The average Bonchev–Trinajstić information content (AvgIpc) is 2.94. The summed E-state index contributed by atoms with van der Waals surface area (Å²) in [6.07, 6.45) is 0. The molecule has 220 valence electrons. The van der Waals surface area contributed by atoms with Crippen molar-refractivity contribution < 1.29 is 31.9 Å². The number of methoxy groups -OCH3 is 2. The number of rotatable bonds is 12. The van der Waals surface area contributed by atoms with Crippen LogP contribution in [0.4, 0.5) is 10.1 Å². The summed E-state index contributed by atoms with van der Waals surface area (Å²) in [7, 11) is -1.37. The number of amides is 2. The number of aryl methyl sites for hydroxylation is 1. The smallest absolute Gasteiger partial charge is 0.264 e. The van der Waals surface area contributed by atoms with Gasteiger partial charge in [-0.2, -0.15) is 0 Å². The third-order valence-electron chi connectivity index (χ3n) is 6.41. The van der Waals surface area contributed by atoms with Crippen LogP contribution in [-0.2, 0) is 26.2 Å². The number of halogens is 1. The highest BCUT2D eigenvalue weighted by molar-refractivity contribution is 7.92. The topological polar surface area (TPSA) is 105 Å². The van der Waals surface area contributed by atoms with Gasteiger partial charge in [-0.1, -0.05) is 29.8 Å². The van der Waals surface area contributed by atoms with Crippen LogP contribution in [0.3, 0.4) is 0 Å². The molecule has 0 heterocycles. The van der Waals surface area contributed by atoms with Gasteiger partial charge >= 0.3 is 0 Å². The Kier molecular flexibility index (Phi) is 10.3. The molecule has 0 saturated carbocycles. The number of hydrogen-bond donors (Lipinski definition) is 1. The summed E-state index contributed by atoms with van der Waals surface area (Å²) in [5, 5.41) is 2.79. The van der Waals surface area contributed by atoms with Gasteiger partial charge in [0.05, 0.1) is 24.8 Å². The van der Waals surface area contributed by atoms with Crippen molar-refractivity contribution in [3.8, 4) is 11.5 Å². The maximum absolute atomic E-state index is 14.0. The fourth-order valence-electron chi connectivity index (χ4n) is 4.12. The molecule has 9 nitrogen and oxygen atoms in total. The van der Waals surface area contributed by atoms with E-state index >= 15 is 0 Å². The highest BCUT2D eigenvalue weighted by Gasteiger charge is 2.33. The molecule has 1 N–H and O–H groups in total. The van der Waals surface area contributed by atoms with Gasteiger partial charge in [0, 0.05) is 18.7 Å². The Labute approximate surface area is 240 Å². The first-order valence-electron chi connectivity index (χ1n) is 13.0. The number of carbonyl (C=O) groups excluding carboxylic acids is 2. The summed E-state index contributed by atoms with van der Waals surface area (Å²) >= 11 is 0. The number of nitrogens with one attached hydrogen (secondary N) is 1. The molecule has 0 aliphatic heterocycles. The predicted molar refractivity (Wildman–Crippen MR) is 155 cm³/mol. The van der Waals surface area contributed by atoms with Crippen molar-refractivity contribution in [1.82, 2.24) is 10.2 Å². The normalized spacial score (nSPS) is 12.0. The highest BCUT2D eigenvalue weighted by atomic mass is 32.2. The van der Waals surface area contributed by atoms with Gasteiger partial charge in [-0.25, -0.2) is 12.8 Å². The molecule has 1 atom stereocenters. The van der Waals surface area contributed by atoms with Crippen molar-refractivity contribution in [2.45, 2.75) is 51.2 Å². The SMILES string of the molecule is COc1ccc(N(CC(=O)N(Cc2ccc(F)cc2)[C@H](C)C(=O)NC(C)C)S(=O)(=O)c2ccc(C)cc2)cc1OC. The quantitative estimate of drug-likeness (QED) is 0.340. The van der Waals surface area contributed by atoms with Gasteiger partial charge in [-0.05, 0) is 69.7 Å². The summed E-state index contributed by atoms with van der Waals surface area (Å²) in [5.74, 6) is -0.830. The molecule has 0 aliphatic carbocycles.